The second-order valence-electron chi connectivity index (χ2n) is 19.2. The Hall–Kier alpha value is -1.85. The summed E-state index contributed by atoms with van der Waals surface area (Å²) in [7, 11) is 0. The third kappa shape index (κ3) is 51.0. The molecular weight excluding hydrogens is 781 g/mol. The average molecular weight is 889 g/mol. The molecule has 6 nitrogen and oxygen atoms in total. The fourth-order valence-electron chi connectivity index (χ4n) is 8.50. The summed E-state index contributed by atoms with van der Waals surface area (Å²) in [6, 6.07) is 0. The van der Waals surface area contributed by atoms with Crippen LogP contribution in [0.3, 0.4) is 0 Å². The van der Waals surface area contributed by atoms with Crippen LogP contribution in [-0.2, 0) is 28.6 Å². The molecule has 0 aliphatic rings. The Morgan fingerprint density at radius 1 is 0.302 bits per heavy atom. The van der Waals surface area contributed by atoms with Crippen LogP contribution < -0.4 is 0 Å². The van der Waals surface area contributed by atoms with E-state index >= 15 is 0 Å². The molecule has 0 unspecified atom stereocenters. The summed E-state index contributed by atoms with van der Waals surface area (Å²) in [4.78, 5) is 38.1. The molecule has 0 heterocycles. The zero-order chi connectivity index (χ0) is 45.8. The minimum Gasteiger partial charge on any atom is -0.462 e. The van der Waals surface area contributed by atoms with E-state index in [-0.39, 0.29) is 31.1 Å². The van der Waals surface area contributed by atoms with E-state index in [2.05, 4.69) is 32.9 Å². The molecular formula is C57H108O6. The second kappa shape index (κ2) is 52.8. The van der Waals surface area contributed by atoms with Gasteiger partial charge in [0.1, 0.15) is 13.2 Å². The third-order valence-electron chi connectivity index (χ3n) is 12.8. The molecule has 63 heavy (non-hydrogen) atoms. The van der Waals surface area contributed by atoms with Crippen molar-refractivity contribution in [3.05, 3.63) is 12.2 Å². The maximum absolute atomic E-state index is 12.8. The first-order chi connectivity index (χ1) is 31.0. The van der Waals surface area contributed by atoms with Crippen LogP contribution in [-0.4, -0.2) is 37.2 Å². The van der Waals surface area contributed by atoms with Crippen molar-refractivity contribution in [2.24, 2.45) is 0 Å². The second-order valence-corrected chi connectivity index (χ2v) is 19.2. The lowest BCUT2D eigenvalue weighted by Crippen LogP contribution is -2.30. The molecule has 0 aliphatic carbocycles. The highest BCUT2D eigenvalue weighted by Gasteiger charge is 2.19. The van der Waals surface area contributed by atoms with Crippen molar-refractivity contribution < 1.29 is 28.6 Å². The number of carbonyl (C=O) groups excluding carboxylic acids is 3. The highest BCUT2D eigenvalue weighted by atomic mass is 16.6. The van der Waals surface area contributed by atoms with Gasteiger partial charge in [-0.3, -0.25) is 14.4 Å². The van der Waals surface area contributed by atoms with Crippen molar-refractivity contribution in [2.45, 2.75) is 322 Å². The van der Waals surface area contributed by atoms with E-state index in [0.717, 1.165) is 57.8 Å². The molecule has 0 N–H and O–H groups in total. The first-order valence-electron chi connectivity index (χ1n) is 28.2. The van der Waals surface area contributed by atoms with Crippen molar-refractivity contribution in [2.75, 3.05) is 13.2 Å². The van der Waals surface area contributed by atoms with E-state index in [9.17, 15) is 14.4 Å². The lowest BCUT2D eigenvalue weighted by molar-refractivity contribution is -0.167. The number of unbranched alkanes of at least 4 members (excludes halogenated alkanes) is 39. The van der Waals surface area contributed by atoms with E-state index < -0.39 is 6.10 Å². The van der Waals surface area contributed by atoms with Crippen LogP contribution >= 0.6 is 0 Å². The van der Waals surface area contributed by atoms with Crippen molar-refractivity contribution in [1.82, 2.24) is 0 Å². The van der Waals surface area contributed by atoms with Crippen LogP contribution in [0.15, 0.2) is 12.2 Å². The summed E-state index contributed by atoms with van der Waals surface area (Å²) >= 11 is 0. The van der Waals surface area contributed by atoms with Gasteiger partial charge >= 0.3 is 17.9 Å². The molecule has 0 saturated carbocycles. The van der Waals surface area contributed by atoms with Gasteiger partial charge in [-0.25, -0.2) is 0 Å². The summed E-state index contributed by atoms with van der Waals surface area (Å²) < 4.78 is 16.9. The summed E-state index contributed by atoms with van der Waals surface area (Å²) in [6.45, 7) is 6.68. The third-order valence-corrected chi connectivity index (χ3v) is 12.8. The maximum atomic E-state index is 12.8. The minimum atomic E-state index is -0.764. The first kappa shape index (κ1) is 61.1. The predicted octanol–water partition coefficient (Wildman–Crippen LogP) is 18.5. The normalized spacial score (nSPS) is 12.0. The van der Waals surface area contributed by atoms with Crippen LogP contribution in [0.1, 0.15) is 316 Å². The molecule has 0 rings (SSSR count). The molecule has 0 amide bonds. The monoisotopic (exact) mass is 889 g/mol. The molecule has 0 aromatic rings. The topological polar surface area (TPSA) is 78.9 Å². The number of allylic oxidation sites excluding steroid dienone is 2. The average Bonchev–Trinajstić information content (AvgIpc) is 3.28. The summed E-state index contributed by atoms with van der Waals surface area (Å²) in [5.74, 6) is -0.845. The maximum Gasteiger partial charge on any atom is 0.306 e. The first-order valence-corrected chi connectivity index (χ1v) is 28.2. The van der Waals surface area contributed by atoms with Crippen LogP contribution in [0.5, 0.6) is 0 Å². The summed E-state index contributed by atoms with van der Waals surface area (Å²) in [5, 5.41) is 0. The van der Waals surface area contributed by atoms with Gasteiger partial charge in [0.15, 0.2) is 6.10 Å². The van der Waals surface area contributed by atoms with Gasteiger partial charge in [-0.05, 0) is 44.9 Å². The molecule has 0 saturated heterocycles. The SMILES string of the molecule is CCCCCCCC/C=C\CCCCCCCCCCCC(=O)OC[C@H](COC(=O)CCCCCCCCCCCCCCC)OC(=O)CCCCCCCCCCCCCCC. The zero-order valence-electron chi connectivity index (χ0n) is 42.6. The number of ether oxygens (including phenoxy) is 3. The Balaban J connectivity index is 4.28. The molecule has 0 bridgehead atoms. The number of hydrogen-bond acceptors (Lipinski definition) is 6. The molecule has 0 aromatic heterocycles. The van der Waals surface area contributed by atoms with Crippen LogP contribution in [0, 0.1) is 0 Å². The highest BCUT2D eigenvalue weighted by molar-refractivity contribution is 5.71. The summed E-state index contributed by atoms with van der Waals surface area (Å²) in [5.41, 5.74) is 0. The van der Waals surface area contributed by atoms with Crippen molar-refractivity contribution in [3.63, 3.8) is 0 Å². The molecule has 0 spiro atoms. The zero-order valence-corrected chi connectivity index (χ0v) is 42.6. The quantitative estimate of drug-likeness (QED) is 0.0262. The minimum absolute atomic E-state index is 0.0646. The lowest BCUT2D eigenvalue weighted by atomic mass is 10.0. The van der Waals surface area contributed by atoms with Gasteiger partial charge in [0.25, 0.3) is 0 Å². The largest absolute Gasteiger partial charge is 0.462 e. The Morgan fingerprint density at radius 3 is 0.794 bits per heavy atom. The predicted molar refractivity (Wildman–Crippen MR) is 270 cm³/mol. The van der Waals surface area contributed by atoms with Gasteiger partial charge < -0.3 is 14.2 Å². The van der Waals surface area contributed by atoms with Gasteiger partial charge in [-0.1, -0.05) is 264 Å². The molecule has 0 aliphatic heterocycles. The van der Waals surface area contributed by atoms with Gasteiger partial charge in [0, 0.05) is 19.3 Å². The standard InChI is InChI=1S/C57H108O6/c1-4-7-10-13-16-19-22-25-26-27-28-29-30-33-35-38-41-44-47-50-56(59)62-53-54(63-57(60)51-48-45-42-39-36-32-24-21-18-15-12-9-6-3)52-61-55(58)49-46-43-40-37-34-31-23-20-17-14-11-8-5-2/h25-26,54H,4-24,27-53H2,1-3H3/b26-25-/t54-/m0/s1. The number of hydrogen-bond donors (Lipinski definition) is 0. The van der Waals surface area contributed by atoms with Crippen LogP contribution in [0.2, 0.25) is 0 Å². The van der Waals surface area contributed by atoms with E-state index in [1.165, 1.54) is 218 Å². The molecule has 1 atom stereocenters. The molecule has 0 aromatic carbocycles. The summed E-state index contributed by atoms with van der Waals surface area (Å²) in [6.07, 6.45) is 59.1. The van der Waals surface area contributed by atoms with Crippen LogP contribution in [0.25, 0.3) is 0 Å². The molecule has 372 valence electrons. The Morgan fingerprint density at radius 2 is 0.524 bits per heavy atom. The smallest absolute Gasteiger partial charge is 0.306 e. The van der Waals surface area contributed by atoms with Gasteiger partial charge in [-0.2, -0.15) is 0 Å². The van der Waals surface area contributed by atoms with Crippen LogP contribution in [0.4, 0.5) is 0 Å². The van der Waals surface area contributed by atoms with Gasteiger partial charge in [0.2, 0.25) is 0 Å². The Labute approximate surface area is 392 Å². The fourth-order valence-corrected chi connectivity index (χ4v) is 8.50. The highest BCUT2D eigenvalue weighted by Crippen LogP contribution is 2.17. The Kier molecular flexibility index (Phi) is 51.2. The van der Waals surface area contributed by atoms with Gasteiger partial charge in [-0.15, -0.1) is 0 Å². The van der Waals surface area contributed by atoms with Crippen molar-refractivity contribution in [3.8, 4) is 0 Å². The Bertz CT molecular complexity index is 978. The van der Waals surface area contributed by atoms with Gasteiger partial charge in [0.05, 0.1) is 0 Å². The fraction of sp³-hybridized carbons (Fsp3) is 0.912. The van der Waals surface area contributed by atoms with E-state index in [0.29, 0.717) is 19.3 Å². The molecule has 0 fully saturated rings. The number of esters is 3. The van der Waals surface area contributed by atoms with E-state index in [4.69, 9.17) is 14.2 Å². The number of carbonyl (C=O) groups is 3. The van der Waals surface area contributed by atoms with Crippen molar-refractivity contribution in [1.29, 1.82) is 0 Å². The van der Waals surface area contributed by atoms with Crippen molar-refractivity contribution >= 4 is 17.9 Å². The molecule has 6 heteroatoms. The van der Waals surface area contributed by atoms with E-state index in [1.807, 2.05) is 0 Å². The lowest BCUT2D eigenvalue weighted by Gasteiger charge is -2.18. The molecule has 0 radical (unpaired) electrons. The van der Waals surface area contributed by atoms with E-state index in [1.54, 1.807) is 0 Å². The number of rotatable bonds is 52.